The van der Waals surface area contributed by atoms with Gasteiger partial charge < -0.3 is 9.30 Å². The Morgan fingerprint density at radius 2 is 1.78 bits per heavy atom. The Balaban J connectivity index is 1.97. The monoisotopic (exact) mass is 534 g/mol. The number of nitro groups is 1. The predicted molar refractivity (Wildman–Crippen MR) is 139 cm³/mol. The number of amides is 1. The first-order valence-corrected chi connectivity index (χ1v) is 14.0. The van der Waals surface area contributed by atoms with Crippen LogP contribution in [-0.4, -0.2) is 54.4 Å². The van der Waals surface area contributed by atoms with Crippen LogP contribution in [0.2, 0.25) is 0 Å². The lowest BCUT2D eigenvalue weighted by molar-refractivity contribution is -0.384. The Labute approximate surface area is 214 Å². The van der Waals surface area contributed by atoms with Crippen LogP contribution in [0.5, 0.6) is 0 Å². The van der Waals surface area contributed by atoms with E-state index in [4.69, 9.17) is 4.74 Å². The highest BCUT2D eigenvalue weighted by molar-refractivity contribution is 7.89. The van der Waals surface area contributed by atoms with Crippen molar-refractivity contribution in [3.63, 3.8) is 0 Å². The summed E-state index contributed by atoms with van der Waals surface area (Å²) in [5.41, 5.74) is 0.778. The van der Waals surface area contributed by atoms with Gasteiger partial charge in [-0.25, -0.2) is 8.42 Å². The highest BCUT2D eigenvalue weighted by atomic mass is 32.2. The molecular weight excluding hydrogens is 504 g/mol. The first kappa shape index (κ1) is 27.7. The van der Waals surface area contributed by atoms with Crippen LogP contribution in [0.15, 0.2) is 52.4 Å². The maximum Gasteiger partial charge on any atom is 0.279 e. The van der Waals surface area contributed by atoms with Crippen LogP contribution in [0, 0.1) is 10.1 Å². The second kappa shape index (κ2) is 12.3. The summed E-state index contributed by atoms with van der Waals surface area (Å²) in [6.07, 6.45) is 1.41. The fourth-order valence-corrected chi connectivity index (χ4v) is 6.35. The number of carbonyl (C=O) groups excluding carboxylic acids is 1. The molecule has 0 fully saturated rings. The van der Waals surface area contributed by atoms with E-state index < -0.39 is 20.9 Å². The van der Waals surface area contributed by atoms with Crippen molar-refractivity contribution in [1.29, 1.82) is 0 Å². The van der Waals surface area contributed by atoms with Crippen molar-refractivity contribution < 1.29 is 22.9 Å². The van der Waals surface area contributed by atoms with E-state index in [1.54, 1.807) is 10.6 Å². The quantitative estimate of drug-likeness (QED) is 0.195. The van der Waals surface area contributed by atoms with Crippen molar-refractivity contribution in [3.05, 3.63) is 62.9 Å². The number of ether oxygens (including phenoxy) is 1. The first-order chi connectivity index (χ1) is 17.2. The lowest BCUT2D eigenvalue weighted by atomic mass is 10.2. The number of hydrogen-bond acceptors (Lipinski definition) is 7. The summed E-state index contributed by atoms with van der Waals surface area (Å²) in [7, 11) is -3.65. The fourth-order valence-electron chi connectivity index (χ4n) is 3.69. The molecular formula is C24H30N4O6S2. The van der Waals surface area contributed by atoms with E-state index in [1.807, 2.05) is 20.8 Å². The number of aromatic nitrogens is 1. The highest BCUT2D eigenvalue weighted by Gasteiger charge is 2.23. The van der Waals surface area contributed by atoms with Crippen molar-refractivity contribution in [1.82, 2.24) is 8.87 Å². The Morgan fingerprint density at radius 3 is 2.36 bits per heavy atom. The van der Waals surface area contributed by atoms with E-state index in [2.05, 4.69) is 4.99 Å². The second-order valence-corrected chi connectivity index (χ2v) is 10.9. The molecule has 3 aromatic rings. The minimum absolute atomic E-state index is 0.0553. The van der Waals surface area contributed by atoms with Gasteiger partial charge in [0.05, 0.1) is 26.6 Å². The number of nitrogens with zero attached hydrogens (tertiary/aromatic N) is 4. The molecule has 194 valence electrons. The Morgan fingerprint density at radius 1 is 1.11 bits per heavy atom. The third-order valence-electron chi connectivity index (χ3n) is 5.42. The third kappa shape index (κ3) is 6.25. The highest BCUT2D eigenvalue weighted by Crippen LogP contribution is 2.23. The molecule has 0 N–H and O–H groups in total. The molecule has 0 saturated carbocycles. The lowest BCUT2D eigenvalue weighted by Gasteiger charge is -2.21. The molecule has 1 heterocycles. The first-order valence-electron chi connectivity index (χ1n) is 11.8. The summed E-state index contributed by atoms with van der Waals surface area (Å²) in [5.74, 6) is -0.538. The summed E-state index contributed by atoms with van der Waals surface area (Å²) in [6.45, 7) is 7.80. The van der Waals surface area contributed by atoms with Gasteiger partial charge >= 0.3 is 0 Å². The van der Waals surface area contributed by atoms with Crippen molar-refractivity contribution in [2.24, 2.45) is 4.99 Å². The number of carbonyl (C=O) groups is 1. The number of thiazole rings is 1. The topological polar surface area (TPSA) is 124 Å². The zero-order valence-corrected chi connectivity index (χ0v) is 22.2. The van der Waals surface area contributed by atoms with Crippen LogP contribution in [0.4, 0.5) is 5.69 Å². The molecule has 2 aromatic carbocycles. The van der Waals surface area contributed by atoms with Crippen LogP contribution in [0.3, 0.4) is 0 Å². The Hall–Kier alpha value is -2.93. The molecule has 0 bridgehead atoms. The summed E-state index contributed by atoms with van der Waals surface area (Å²) in [4.78, 5) is 28.5. The molecule has 10 nitrogen and oxygen atoms in total. The largest absolute Gasteiger partial charge is 0.380 e. The summed E-state index contributed by atoms with van der Waals surface area (Å²) in [6, 6.07) is 10.3. The SMILES string of the molecule is CCCN(CCC)S(=O)(=O)c1ccc(C(=O)N=c2sc3ccc([N+](=O)[O-])cc3n2CCOCC)cc1. The minimum Gasteiger partial charge on any atom is -0.380 e. The number of benzene rings is 2. The maximum absolute atomic E-state index is 13.0. The average Bonchev–Trinajstić information content (AvgIpc) is 3.20. The van der Waals surface area contributed by atoms with Crippen LogP contribution in [0.1, 0.15) is 44.0 Å². The molecule has 0 unspecified atom stereocenters. The number of nitro benzene ring substituents is 1. The van der Waals surface area contributed by atoms with E-state index in [0.717, 1.165) is 4.70 Å². The van der Waals surface area contributed by atoms with E-state index in [1.165, 1.54) is 52.0 Å². The van der Waals surface area contributed by atoms with Gasteiger partial charge in [0.2, 0.25) is 10.0 Å². The number of hydrogen-bond donors (Lipinski definition) is 0. The van der Waals surface area contributed by atoms with E-state index in [-0.39, 0.29) is 16.1 Å². The third-order valence-corrected chi connectivity index (χ3v) is 8.39. The molecule has 0 spiro atoms. The van der Waals surface area contributed by atoms with Gasteiger partial charge in [0, 0.05) is 43.9 Å². The summed E-state index contributed by atoms with van der Waals surface area (Å²) in [5, 5.41) is 11.3. The molecule has 1 aromatic heterocycles. The molecule has 0 atom stereocenters. The van der Waals surface area contributed by atoms with Crippen LogP contribution < -0.4 is 4.80 Å². The smallest absolute Gasteiger partial charge is 0.279 e. The number of fused-ring (bicyclic) bond motifs is 1. The molecule has 0 aliphatic carbocycles. The van der Waals surface area contributed by atoms with Crippen molar-refractivity contribution in [2.45, 2.75) is 45.1 Å². The molecule has 1 amide bonds. The number of non-ortho nitro benzene ring substituents is 1. The van der Waals surface area contributed by atoms with Gasteiger partial charge in [-0.15, -0.1) is 0 Å². The summed E-state index contributed by atoms with van der Waals surface area (Å²) >= 11 is 1.24. The normalized spacial score (nSPS) is 12.5. The lowest BCUT2D eigenvalue weighted by Crippen LogP contribution is -2.32. The van der Waals surface area contributed by atoms with Gasteiger partial charge in [0.1, 0.15) is 0 Å². The van der Waals surface area contributed by atoms with Crippen molar-refractivity contribution in [2.75, 3.05) is 26.3 Å². The van der Waals surface area contributed by atoms with Gasteiger partial charge in [0.25, 0.3) is 11.6 Å². The molecule has 0 aliphatic heterocycles. The minimum atomic E-state index is -3.65. The van der Waals surface area contributed by atoms with E-state index >= 15 is 0 Å². The zero-order chi connectivity index (χ0) is 26.3. The van der Waals surface area contributed by atoms with E-state index in [9.17, 15) is 23.3 Å². The van der Waals surface area contributed by atoms with Crippen LogP contribution >= 0.6 is 11.3 Å². The van der Waals surface area contributed by atoms with Gasteiger partial charge in [0.15, 0.2) is 4.80 Å². The standard InChI is InChI=1S/C24H30N4O6S2/c1-4-13-26(14-5-2)36(32,33)20-10-7-18(8-11-20)23(29)25-24-27(15-16-34-6-3)21-17-19(28(30)31)9-12-22(21)35-24/h7-12,17H,4-6,13-16H2,1-3H3. The molecule has 12 heteroatoms. The summed E-state index contributed by atoms with van der Waals surface area (Å²) < 4.78 is 35.3. The van der Waals surface area contributed by atoms with E-state index in [0.29, 0.717) is 56.0 Å². The molecule has 3 rings (SSSR count). The molecule has 0 aliphatic rings. The Bertz CT molecular complexity index is 1390. The van der Waals surface area contributed by atoms with Gasteiger partial charge in [-0.2, -0.15) is 9.30 Å². The van der Waals surface area contributed by atoms with Crippen molar-refractivity contribution >= 4 is 43.2 Å². The molecule has 0 saturated heterocycles. The second-order valence-electron chi connectivity index (χ2n) is 7.99. The van der Waals surface area contributed by atoms with Gasteiger partial charge in [-0.05, 0) is 50.1 Å². The molecule has 0 radical (unpaired) electrons. The van der Waals surface area contributed by atoms with Crippen LogP contribution in [-0.2, 0) is 21.3 Å². The Kier molecular flexibility index (Phi) is 9.49. The maximum atomic E-state index is 13.0. The van der Waals surface area contributed by atoms with Crippen molar-refractivity contribution in [3.8, 4) is 0 Å². The molecule has 36 heavy (non-hydrogen) atoms. The average molecular weight is 535 g/mol. The number of sulfonamides is 1. The zero-order valence-electron chi connectivity index (χ0n) is 20.5. The van der Waals surface area contributed by atoms with Gasteiger partial charge in [-0.3, -0.25) is 14.9 Å². The van der Waals surface area contributed by atoms with Crippen LogP contribution in [0.25, 0.3) is 10.2 Å². The predicted octanol–water partition coefficient (Wildman–Crippen LogP) is 4.20. The number of rotatable bonds is 12. The fraction of sp³-hybridized carbons (Fsp3) is 0.417. The van der Waals surface area contributed by atoms with Gasteiger partial charge in [-0.1, -0.05) is 25.2 Å².